The molecule has 26 heavy (non-hydrogen) atoms. The number of hydrazine groups is 1. The second kappa shape index (κ2) is 7.49. The molecule has 132 valence electrons. The lowest BCUT2D eigenvalue weighted by atomic mass is 10.2. The molecule has 1 N–H and O–H groups in total. The molecule has 0 bridgehead atoms. The Labute approximate surface area is 157 Å². The molecular weight excluding hydrogens is 344 g/mol. The van der Waals surface area contributed by atoms with E-state index < -0.39 is 0 Å². The number of nitrogens with zero attached hydrogens (tertiary/aromatic N) is 3. The van der Waals surface area contributed by atoms with Gasteiger partial charge >= 0.3 is 0 Å². The van der Waals surface area contributed by atoms with Gasteiger partial charge in [0.05, 0.1) is 31.2 Å². The molecule has 0 saturated heterocycles. The van der Waals surface area contributed by atoms with Gasteiger partial charge in [-0.2, -0.15) is 0 Å². The summed E-state index contributed by atoms with van der Waals surface area (Å²) in [4.78, 5) is 6.98. The molecule has 0 atom stereocenters. The van der Waals surface area contributed by atoms with Gasteiger partial charge in [-0.25, -0.2) is 4.98 Å². The average molecular weight is 364 g/mol. The highest BCUT2D eigenvalue weighted by Gasteiger charge is 2.19. The number of nitrogens with one attached hydrogen (secondary N) is 1. The van der Waals surface area contributed by atoms with Crippen molar-refractivity contribution < 1.29 is 4.74 Å². The Morgan fingerprint density at radius 1 is 1.08 bits per heavy atom. The fourth-order valence-electron chi connectivity index (χ4n) is 2.83. The second-order valence-corrected chi connectivity index (χ2v) is 6.83. The third-order valence-corrected chi connectivity index (χ3v) is 5.03. The number of para-hydroxylation sites is 1. The van der Waals surface area contributed by atoms with Gasteiger partial charge < -0.3 is 9.64 Å². The summed E-state index contributed by atoms with van der Waals surface area (Å²) in [7, 11) is 1.67. The van der Waals surface area contributed by atoms with Crippen LogP contribution in [0.3, 0.4) is 0 Å². The fraction of sp³-hybridized carbons (Fsp3) is 0.150. The molecule has 0 unspecified atom stereocenters. The Hall–Kier alpha value is -2.99. The molecule has 0 fully saturated rings. The van der Waals surface area contributed by atoms with E-state index in [9.17, 15) is 0 Å². The van der Waals surface area contributed by atoms with Crippen molar-refractivity contribution in [2.24, 2.45) is 0 Å². The van der Waals surface area contributed by atoms with Crippen molar-refractivity contribution in [3.63, 3.8) is 0 Å². The van der Waals surface area contributed by atoms with Gasteiger partial charge in [0.15, 0.2) is 0 Å². The molecule has 6 heteroatoms. The number of ether oxygens (including phenoxy) is 1. The predicted molar refractivity (Wildman–Crippen MR) is 105 cm³/mol. The smallest absolute Gasteiger partial charge is 0.222 e. The van der Waals surface area contributed by atoms with Crippen LogP contribution >= 0.6 is 11.3 Å². The Morgan fingerprint density at radius 3 is 2.54 bits per heavy atom. The summed E-state index contributed by atoms with van der Waals surface area (Å²) in [5.41, 5.74) is 6.57. The van der Waals surface area contributed by atoms with Crippen molar-refractivity contribution >= 4 is 17.0 Å². The van der Waals surface area contributed by atoms with Crippen LogP contribution in [-0.4, -0.2) is 23.7 Å². The summed E-state index contributed by atoms with van der Waals surface area (Å²) in [6.07, 6.45) is 1.99. The van der Waals surface area contributed by atoms with Crippen molar-refractivity contribution in [1.29, 1.82) is 0 Å². The van der Waals surface area contributed by atoms with E-state index in [1.165, 1.54) is 0 Å². The first-order valence-electron chi connectivity index (χ1n) is 8.41. The molecular formula is C20H20N4OS. The summed E-state index contributed by atoms with van der Waals surface area (Å²) in [6, 6.07) is 20.5. The average Bonchev–Trinajstić information content (AvgIpc) is 3.17. The maximum Gasteiger partial charge on any atom is 0.222 e. The van der Waals surface area contributed by atoms with Crippen LogP contribution < -0.4 is 10.4 Å². The molecule has 2 aromatic carbocycles. The van der Waals surface area contributed by atoms with Crippen molar-refractivity contribution in [3.8, 4) is 10.6 Å². The van der Waals surface area contributed by atoms with Crippen molar-refractivity contribution in [2.75, 3.05) is 18.8 Å². The predicted octanol–water partition coefficient (Wildman–Crippen LogP) is 4.04. The molecule has 1 aromatic heterocycles. The number of aromatic nitrogens is 1. The fourth-order valence-corrected chi connectivity index (χ4v) is 3.65. The zero-order valence-corrected chi connectivity index (χ0v) is 15.3. The van der Waals surface area contributed by atoms with Crippen LogP contribution in [0.2, 0.25) is 0 Å². The van der Waals surface area contributed by atoms with Gasteiger partial charge in [-0.3, -0.25) is 10.4 Å². The lowest BCUT2D eigenvalue weighted by Gasteiger charge is -2.36. The highest BCUT2D eigenvalue weighted by Crippen LogP contribution is 2.25. The van der Waals surface area contributed by atoms with Gasteiger partial charge in [-0.1, -0.05) is 48.5 Å². The summed E-state index contributed by atoms with van der Waals surface area (Å²) in [5.74, 6) is 0.707. The highest BCUT2D eigenvalue weighted by molar-refractivity contribution is 7.13. The molecule has 1 aliphatic rings. The van der Waals surface area contributed by atoms with E-state index in [0.29, 0.717) is 12.6 Å². The topological polar surface area (TPSA) is 40.6 Å². The van der Waals surface area contributed by atoms with Gasteiger partial charge in [0.2, 0.25) is 5.88 Å². The quantitative estimate of drug-likeness (QED) is 0.740. The van der Waals surface area contributed by atoms with E-state index in [-0.39, 0.29) is 0 Å². The van der Waals surface area contributed by atoms with Gasteiger partial charge in [-0.15, -0.1) is 11.3 Å². The van der Waals surface area contributed by atoms with Crippen molar-refractivity contribution in [1.82, 2.24) is 15.3 Å². The molecule has 4 rings (SSSR count). The van der Waals surface area contributed by atoms with Crippen LogP contribution in [0.4, 0.5) is 5.69 Å². The molecule has 3 aromatic rings. The summed E-state index contributed by atoms with van der Waals surface area (Å²) in [5, 5.41) is 5.23. The molecule has 2 heterocycles. The van der Waals surface area contributed by atoms with E-state index in [1.807, 2.05) is 42.6 Å². The normalized spacial score (nSPS) is 14.0. The number of methoxy groups -OCH3 is 1. The third kappa shape index (κ3) is 3.65. The van der Waals surface area contributed by atoms with E-state index >= 15 is 0 Å². The number of hydrogen-bond acceptors (Lipinski definition) is 6. The Morgan fingerprint density at radius 2 is 1.81 bits per heavy atom. The van der Waals surface area contributed by atoms with Crippen LogP contribution in [0, 0.1) is 0 Å². The van der Waals surface area contributed by atoms with Crippen LogP contribution in [0.15, 0.2) is 78.1 Å². The molecule has 0 spiro atoms. The van der Waals surface area contributed by atoms with Crippen molar-refractivity contribution in [2.45, 2.75) is 6.54 Å². The number of rotatable bonds is 5. The zero-order chi connectivity index (χ0) is 17.8. The first kappa shape index (κ1) is 16.5. The minimum absolute atomic E-state index is 0.703. The summed E-state index contributed by atoms with van der Waals surface area (Å²) >= 11 is 1.68. The van der Waals surface area contributed by atoms with Crippen LogP contribution in [-0.2, 0) is 11.3 Å². The third-order valence-electron chi connectivity index (χ3n) is 4.09. The van der Waals surface area contributed by atoms with E-state index in [2.05, 4.69) is 45.0 Å². The molecule has 0 amide bonds. The second-order valence-electron chi connectivity index (χ2n) is 5.97. The van der Waals surface area contributed by atoms with Gasteiger partial charge in [0.1, 0.15) is 11.7 Å². The zero-order valence-electron chi connectivity index (χ0n) is 14.5. The maximum absolute atomic E-state index is 5.43. The molecule has 0 radical (unpaired) electrons. The Balaban J connectivity index is 1.51. The SMILES string of the molecule is COC1=CN(Cc2csc(-c3ccccc3)n2)CN(c2ccccc2)N1. The number of hydrogen-bond donors (Lipinski definition) is 1. The minimum Gasteiger partial charge on any atom is -0.480 e. The largest absolute Gasteiger partial charge is 0.480 e. The van der Waals surface area contributed by atoms with Crippen molar-refractivity contribution in [3.05, 3.63) is 83.8 Å². The highest BCUT2D eigenvalue weighted by atomic mass is 32.1. The first-order chi connectivity index (χ1) is 12.8. The maximum atomic E-state index is 5.43. The summed E-state index contributed by atoms with van der Waals surface area (Å²) in [6.45, 7) is 1.43. The molecule has 0 saturated carbocycles. The van der Waals surface area contributed by atoms with E-state index in [0.717, 1.165) is 28.5 Å². The molecule has 1 aliphatic heterocycles. The number of anilines is 1. The van der Waals surface area contributed by atoms with Gasteiger partial charge in [0, 0.05) is 10.9 Å². The van der Waals surface area contributed by atoms with Gasteiger partial charge in [-0.05, 0) is 12.1 Å². The number of benzene rings is 2. The standard InChI is InChI=1S/C20H20N4OS/c1-25-19-13-23(15-24(22-19)18-10-6-3-7-11-18)12-17-14-26-20(21-17)16-8-4-2-5-9-16/h2-11,13-14,22H,12,15H2,1H3. The van der Waals surface area contributed by atoms with Gasteiger partial charge in [0.25, 0.3) is 0 Å². The molecule has 0 aliphatic carbocycles. The molecule has 5 nitrogen and oxygen atoms in total. The van der Waals surface area contributed by atoms with Crippen LogP contribution in [0.1, 0.15) is 5.69 Å². The van der Waals surface area contributed by atoms with Crippen LogP contribution in [0.25, 0.3) is 10.6 Å². The lowest BCUT2D eigenvalue weighted by Crippen LogP contribution is -2.48. The monoisotopic (exact) mass is 364 g/mol. The Kier molecular flexibility index (Phi) is 4.75. The summed E-state index contributed by atoms with van der Waals surface area (Å²) < 4.78 is 5.43. The number of thiazole rings is 1. The van der Waals surface area contributed by atoms with E-state index in [1.54, 1.807) is 18.4 Å². The lowest BCUT2D eigenvalue weighted by molar-refractivity contribution is 0.207. The van der Waals surface area contributed by atoms with Crippen LogP contribution in [0.5, 0.6) is 0 Å². The first-order valence-corrected chi connectivity index (χ1v) is 9.29. The Bertz CT molecular complexity index is 879. The minimum atomic E-state index is 0.703. The van der Waals surface area contributed by atoms with E-state index in [4.69, 9.17) is 9.72 Å².